The van der Waals surface area contributed by atoms with Gasteiger partial charge in [0.2, 0.25) is 5.91 Å². The molecule has 7 nitrogen and oxygen atoms in total. The fourth-order valence-electron chi connectivity index (χ4n) is 3.60. The fourth-order valence-corrected chi connectivity index (χ4v) is 3.60. The van der Waals surface area contributed by atoms with Crippen molar-refractivity contribution in [3.63, 3.8) is 0 Å². The second-order valence-corrected chi connectivity index (χ2v) is 7.28. The summed E-state index contributed by atoms with van der Waals surface area (Å²) in [5, 5.41) is 2.92. The summed E-state index contributed by atoms with van der Waals surface area (Å²) in [6.07, 6.45) is 7.79. The Kier molecular flexibility index (Phi) is 5.79. The lowest BCUT2D eigenvalue weighted by molar-refractivity contribution is -0.119. The largest absolute Gasteiger partial charge is 0.495 e. The van der Waals surface area contributed by atoms with E-state index in [1.807, 2.05) is 22.9 Å². The van der Waals surface area contributed by atoms with Gasteiger partial charge in [-0.2, -0.15) is 0 Å². The number of carbonyl (C=O) groups excluding carboxylic acids is 2. The number of hydrogen-bond acceptors (Lipinski definition) is 4. The van der Waals surface area contributed by atoms with Gasteiger partial charge in [-0.3, -0.25) is 9.59 Å². The molecule has 2 aromatic carbocycles. The van der Waals surface area contributed by atoms with E-state index in [4.69, 9.17) is 4.74 Å². The van der Waals surface area contributed by atoms with Crippen LogP contribution in [0, 0.1) is 0 Å². The van der Waals surface area contributed by atoms with Gasteiger partial charge in [-0.05, 0) is 48.7 Å². The number of anilines is 2. The number of benzene rings is 2. The maximum atomic E-state index is 12.7. The second kappa shape index (κ2) is 8.82. The Hall–Kier alpha value is -3.61. The Balaban J connectivity index is 1.48. The lowest BCUT2D eigenvalue weighted by Gasteiger charge is -2.28. The molecule has 0 spiro atoms. The van der Waals surface area contributed by atoms with E-state index in [2.05, 4.69) is 10.3 Å². The molecule has 0 saturated carbocycles. The molecular weight excluding hydrogens is 380 g/mol. The molecule has 2 heterocycles. The van der Waals surface area contributed by atoms with E-state index in [9.17, 15) is 9.59 Å². The number of nitrogens with one attached hydrogen (secondary N) is 1. The van der Waals surface area contributed by atoms with E-state index in [1.54, 1.807) is 54.9 Å². The second-order valence-electron chi connectivity index (χ2n) is 7.28. The van der Waals surface area contributed by atoms with E-state index in [1.165, 1.54) is 0 Å². The third-order valence-electron chi connectivity index (χ3n) is 5.19. The zero-order valence-electron chi connectivity index (χ0n) is 16.9. The Morgan fingerprint density at radius 2 is 2.00 bits per heavy atom. The molecule has 1 fully saturated rings. The van der Waals surface area contributed by atoms with Crippen LogP contribution in [0.4, 0.5) is 11.4 Å². The number of hydrogen-bond donors (Lipinski definition) is 1. The Morgan fingerprint density at radius 1 is 1.17 bits per heavy atom. The highest BCUT2D eigenvalue weighted by Crippen LogP contribution is 2.33. The summed E-state index contributed by atoms with van der Waals surface area (Å²) in [4.78, 5) is 30.8. The van der Waals surface area contributed by atoms with Crippen molar-refractivity contribution < 1.29 is 14.3 Å². The van der Waals surface area contributed by atoms with Gasteiger partial charge in [-0.25, -0.2) is 4.98 Å². The minimum atomic E-state index is -0.203. The molecule has 1 saturated heterocycles. The normalized spacial score (nSPS) is 13.9. The molecule has 0 aliphatic carbocycles. The molecule has 0 bridgehead atoms. The number of methoxy groups -OCH3 is 1. The Labute approximate surface area is 175 Å². The predicted molar refractivity (Wildman–Crippen MR) is 115 cm³/mol. The van der Waals surface area contributed by atoms with Crippen LogP contribution in [0.25, 0.3) is 0 Å². The zero-order chi connectivity index (χ0) is 20.9. The molecule has 3 aromatic rings. The van der Waals surface area contributed by atoms with Crippen LogP contribution in [0.3, 0.4) is 0 Å². The third kappa shape index (κ3) is 4.35. The summed E-state index contributed by atoms with van der Waals surface area (Å²) in [6, 6.07) is 12.8. The quantitative estimate of drug-likeness (QED) is 0.680. The van der Waals surface area contributed by atoms with Gasteiger partial charge in [-0.1, -0.05) is 12.1 Å². The van der Waals surface area contributed by atoms with Crippen LogP contribution in [0.5, 0.6) is 5.75 Å². The number of rotatable bonds is 6. The molecule has 1 aliphatic heterocycles. The third-order valence-corrected chi connectivity index (χ3v) is 5.19. The molecule has 1 N–H and O–H groups in total. The predicted octanol–water partition coefficient (Wildman–Crippen LogP) is 3.71. The maximum Gasteiger partial charge on any atom is 0.255 e. The van der Waals surface area contributed by atoms with E-state index < -0.39 is 0 Å². The van der Waals surface area contributed by atoms with Gasteiger partial charge in [0, 0.05) is 43.2 Å². The topological polar surface area (TPSA) is 76.5 Å². The van der Waals surface area contributed by atoms with Crippen LogP contribution in [0.2, 0.25) is 0 Å². The minimum Gasteiger partial charge on any atom is -0.495 e. The SMILES string of the molecule is COc1ccc(NC(=O)c2ccc(Cn3ccnc3)cc2)cc1N1CCCCC1=O. The van der Waals surface area contributed by atoms with Crippen LogP contribution in [0.15, 0.2) is 61.2 Å². The van der Waals surface area contributed by atoms with E-state index in [-0.39, 0.29) is 11.8 Å². The monoisotopic (exact) mass is 404 g/mol. The number of nitrogens with zero attached hydrogens (tertiary/aromatic N) is 3. The summed E-state index contributed by atoms with van der Waals surface area (Å²) in [5.41, 5.74) is 2.96. The molecule has 154 valence electrons. The van der Waals surface area contributed by atoms with Crippen LogP contribution in [-0.2, 0) is 11.3 Å². The molecule has 4 rings (SSSR count). The number of carbonyl (C=O) groups is 2. The first-order valence-electron chi connectivity index (χ1n) is 9.98. The highest BCUT2D eigenvalue weighted by Gasteiger charge is 2.23. The molecule has 0 unspecified atom stereocenters. The molecule has 1 aromatic heterocycles. The lowest BCUT2D eigenvalue weighted by atomic mass is 10.1. The summed E-state index contributed by atoms with van der Waals surface area (Å²) in [7, 11) is 1.58. The summed E-state index contributed by atoms with van der Waals surface area (Å²) >= 11 is 0. The van der Waals surface area contributed by atoms with E-state index in [0.717, 1.165) is 18.4 Å². The van der Waals surface area contributed by atoms with Crippen molar-refractivity contribution in [3.8, 4) is 5.75 Å². The van der Waals surface area contributed by atoms with Crippen molar-refractivity contribution in [2.24, 2.45) is 0 Å². The summed E-state index contributed by atoms with van der Waals surface area (Å²) in [6.45, 7) is 1.36. The molecule has 1 aliphatic rings. The van der Waals surface area contributed by atoms with Crippen molar-refractivity contribution in [2.75, 3.05) is 23.9 Å². The molecular formula is C23H24N4O3. The standard InChI is InChI=1S/C23H24N4O3/c1-30-21-10-9-19(14-20(21)27-12-3-2-4-22(27)28)25-23(29)18-7-5-17(6-8-18)15-26-13-11-24-16-26/h5-11,13-14,16H,2-4,12,15H2,1H3,(H,25,29). The highest BCUT2D eigenvalue weighted by atomic mass is 16.5. The van der Waals surface area contributed by atoms with Gasteiger partial charge in [0.15, 0.2) is 0 Å². The smallest absolute Gasteiger partial charge is 0.255 e. The molecule has 0 radical (unpaired) electrons. The average Bonchev–Trinajstić information content (AvgIpc) is 3.27. The van der Waals surface area contributed by atoms with E-state index in [0.29, 0.717) is 42.2 Å². The Bertz CT molecular complexity index is 1030. The van der Waals surface area contributed by atoms with Crippen LogP contribution < -0.4 is 15.0 Å². The number of amides is 2. The van der Waals surface area contributed by atoms with Crippen molar-refractivity contribution in [3.05, 3.63) is 72.3 Å². The summed E-state index contributed by atoms with van der Waals surface area (Å²) < 4.78 is 7.40. The average molecular weight is 404 g/mol. The first-order chi connectivity index (χ1) is 14.6. The van der Waals surface area contributed by atoms with E-state index >= 15 is 0 Å². The maximum absolute atomic E-state index is 12.7. The first-order valence-corrected chi connectivity index (χ1v) is 9.98. The molecule has 30 heavy (non-hydrogen) atoms. The number of ether oxygens (including phenoxy) is 1. The van der Waals surface area contributed by atoms with Crippen molar-refractivity contribution in [1.82, 2.24) is 9.55 Å². The number of piperidine rings is 1. The van der Waals surface area contributed by atoms with Gasteiger partial charge in [0.25, 0.3) is 5.91 Å². The van der Waals surface area contributed by atoms with Crippen molar-refractivity contribution in [2.45, 2.75) is 25.8 Å². The highest BCUT2D eigenvalue weighted by molar-refractivity contribution is 6.05. The number of imidazole rings is 1. The van der Waals surface area contributed by atoms with Gasteiger partial charge in [-0.15, -0.1) is 0 Å². The zero-order valence-corrected chi connectivity index (χ0v) is 16.9. The van der Waals surface area contributed by atoms with Gasteiger partial charge < -0.3 is 19.5 Å². The molecule has 2 amide bonds. The van der Waals surface area contributed by atoms with Crippen LogP contribution in [0.1, 0.15) is 35.2 Å². The number of aromatic nitrogens is 2. The summed E-state index contributed by atoms with van der Waals surface area (Å²) in [5.74, 6) is 0.494. The molecule has 7 heteroatoms. The lowest BCUT2D eigenvalue weighted by Crippen LogP contribution is -2.35. The fraction of sp³-hybridized carbons (Fsp3) is 0.261. The van der Waals surface area contributed by atoms with Gasteiger partial charge in [0.1, 0.15) is 5.75 Å². The van der Waals surface area contributed by atoms with Gasteiger partial charge in [0.05, 0.1) is 19.1 Å². The first kappa shape index (κ1) is 19.7. The van der Waals surface area contributed by atoms with Crippen molar-refractivity contribution >= 4 is 23.2 Å². The van der Waals surface area contributed by atoms with Crippen LogP contribution in [-0.4, -0.2) is 35.0 Å². The van der Waals surface area contributed by atoms with Crippen molar-refractivity contribution in [1.29, 1.82) is 0 Å². The Morgan fingerprint density at radius 3 is 2.70 bits per heavy atom. The van der Waals surface area contributed by atoms with Gasteiger partial charge >= 0.3 is 0 Å². The molecule has 0 atom stereocenters. The minimum absolute atomic E-state index is 0.0801. The van der Waals surface area contributed by atoms with Crippen LogP contribution >= 0.6 is 0 Å².